The van der Waals surface area contributed by atoms with Crippen LogP contribution >= 0.6 is 0 Å². The van der Waals surface area contributed by atoms with Gasteiger partial charge in [-0.3, -0.25) is 9.59 Å². The molecular formula is C19H27N3O3. The van der Waals surface area contributed by atoms with Crippen LogP contribution in [0.4, 0.5) is 0 Å². The Bertz CT molecular complexity index is 578. The number of rotatable bonds is 9. The van der Waals surface area contributed by atoms with Crippen LogP contribution in [0.2, 0.25) is 0 Å². The van der Waals surface area contributed by atoms with Crippen molar-refractivity contribution in [3.63, 3.8) is 0 Å². The summed E-state index contributed by atoms with van der Waals surface area (Å²) in [6, 6.07) is 7.10. The van der Waals surface area contributed by atoms with Crippen LogP contribution in [0.1, 0.15) is 31.2 Å². The second-order valence-electron chi connectivity index (χ2n) is 6.20. The molecule has 2 rings (SSSR count). The number of benzene rings is 1. The molecule has 0 bridgehead atoms. The molecule has 1 aromatic rings. The van der Waals surface area contributed by atoms with Crippen LogP contribution in [-0.2, 0) is 9.59 Å². The number of piperidine rings is 1. The van der Waals surface area contributed by atoms with Gasteiger partial charge in [-0.05, 0) is 62.7 Å². The van der Waals surface area contributed by atoms with Crippen molar-refractivity contribution >= 4 is 17.9 Å². The van der Waals surface area contributed by atoms with E-state index >= 15 is 0 Å². The van der Waals surface area contributed by atoms with Gasteiger partial charge in [-0.1, -0.05) is 18.6 Å². The number of hydrogen-bond donors (Lipinski definition) is 2. The van der Waals surface area contributed by atoms with Gasteiger partial charge in [0.1, 0.15) is 5.75 Å². The van der Waals surface area contributed by atoms with E-state index in [1.54, 1.807) is 18.2 Å². The fraction of sp³-hybridized carbons (Fsp3) is 0.474. The number of hydrogen-bond acceptors (Lipinski definition) is 4. The van der Waals surface area contributed by atoms with Gasteiger partial charge in [0.05, 0.1) is 0 Å². The van der Waals surface area contributed by atoms with Crippen molar-refractivity contribution in [1.82, 2.24) is 10.2 Å². The SMILES string of the molecule is NC(=O)COc1ccc(/C=C/C(=O)NCCCN2CCCCC2)cc1. The summed E-state index contributed by atoms with van der Waals surface area (Å²) in [5.41, 5.74) is 5.91. The van der Waals surface area contributed by atoms with Gasteiger partial charge in [-0.25, -0.2) is 0 Å². The highest BCUT2D eigenvalue weighted by molar-refractivity contribution is 5.91. The quantitative estimate of drug-likeness (QED) is 0.525. The van der Waals surface area contributed by atoms with E-state index in [4.69, 9.17) is 10.5 Å². The first-order chi connectivity index (χ1) is 12.1. The van der Waals surface area contributed by atoms with Gasteiger partial charge in [-0.15, -0.1) is 0 Å². The topological polar surface area (TPSA) is 84.7 Å². The Balaban J connectivity index is 1.64. The maximum atomic E-state index is 11.8. The number of nitrogens with zero attached hydrogens (tertiary/aromatic N) is 1. The summed E-state index contributed by atoms with van der Waals surface area (Å²) in [4.78, 5) is 24.9. The number of carbonyl (C=O) groups excluding carboxylic acids is 2. The standard InChI is InChI=1S/C19H27N3O3/c20-18(23)15-25-17-8-5-16(6-9-17)7-10-19(24)21-11-4-14-22-12-2-1-3-13-22/h5-10H,1-4,11-15H2,(H2,20,23)(H,21,24)/b10-7+. The van der Waals surface area contributed by atoms with Crippen LogP contribution < -0.4 is 15.8 Å². The third-order valence-electron chi connectivity index (χ3n) is 4.09. The number of primary amides is 1. The second-order valence-corrected chi connectivity index (χ2v) is 6.20. The molecule has 1 aliphatic rings. The monoisotopic (exact) mass is 345 g/mol. The smallest absolute Gasteiger partial charge is 0.255 e. The molecule has 1 fully saturated rings. The van der Waals surface area contributed by atoms with Crippen LogP contribution in [0, 0.1) is 0 Å². The molecule has 1 aliphatic heterocycles. The Labute approximate surface area is 149 Å². The van der Waals surface area contributed by atoms with E-state index in [-0.39, 0.29) is 12.5 Å². The largest absolute Gasteiger partial charge is 0.484 e. The van der Waals surface area contributed by atoms with E-state index in [1.165, 1.54) is 38.4 Å². The molecule has 25 heavy (non-hydrogen) atoms. The van der Waals surface area contributed by atoms with Crippen LogP contribution in [-0.4, -0.2) is 49.5 Å². The molecule has 2 amide bonds. The van der Waals surface area contributed by atoms with E-state index < -0.39 is 5.91 Å². The predicted molar refractivity (Wildman–Crippen MR) is 98.1 cm³/mol. The van der Waals surface area contributed by atoms with Gasteiger partial charge in [-0.2, -0.15) is 0 Å². The summed E-state index contributed by atoms with van der Waals surface area (Å²) in [6.45, 7) is 3.98. The normalized spacial score (nSPS) is 15.2. The van der Waals surface area contributed by atoms with Crippen molar-refractivity contribution in [2.75, 3.05) is 32.8 Å². The lowest BCUT2D eigenvalue weighted by Crippen LogP contribution is -2.33. The zero-order valence-electron chi connectivity index (χ0n) is 14.6. The average Bonchev–Trinajstić information content (AvgIpc) is 2.63. The van der Waals surface area contributed by atoms with E-state index in [2.05, 4.69) is 10.2 Å². The number of ether oxygens (including phenoxy) is 1. The molecule has 0 saturated carbocycles. The van der Waals surface area contributed by atoms with E-state index in [0.29, 0.717) is 12.3 Å². The van der Waals surface area contributed by atoms with Crippen LogP contribution in [0.5, 0.6) is 5.75 Å². The van der Waals surface area contributed by atoms with Gasteiger partial charge in [0.25, 0.3) is 5.91 Å². The molecule has 3 N–H and O–H groups in total. The molecule has 0 unspecified atom stereocenters. The Morgan fingerprint density at radius 3 is 2.56 bits per heavy atom. The van der Waals surface area contributed by atoms with Crippen molar-refractivity contribution in [3.05, 3.63) is 35.9 Å². The molecule has 1 heterocycles. The maximum Gasteiger partial charge on any atom is 0.255 e. The lowest BCUT2D eigenvalue weighted by atomic mass is 10.1. The lowest BCUT2D eigenvalue weighted by molar-refractivity contribution is -0.120. The van der Waals surface area contributed by atoms with Crippen molar-refractivity contribution in [1.29, 1.82) is 0 Å². The van der Waals surface area contributed by atoms with Crippen LogP contribution in [0.15, 0.2) is 30.3 Å². The van der Waals surface area contributed by atoms with E-state index in [1.807, 2.05) is 12.1 Å². The van der Waals surface area contributed by atoms with Crippen molar-refractivity contribution in [2.24, 2.45) is 5.73 Å². The Hall–Kier alpha value is -2.34. The van der Waals surface area contributed by atoms with Gasteiger partial charge in [0, 0.05) is 12.6 Å². The highest BCUT2D eigenvalue weighted by atomic mass is 16.5. The molecule has 0 aromatic heterocycles. The second kappa shape index (κ2) is 10.5. The minimum absolute atomic E-state index is 0.0901. The molecular weight excluding hydrogens is 318 g/mol. The Kier molecular flexibility index (Phi) is 7.98. The third kappa shape index (κ3) is 7.85. The molecule has 0 radical (unpaired) electrons. The van der Waals surface area contributed by atoms with Gasteiger partial charge < -0.3 is 20.7 Å². The number of amides is 2. The molecule has 136 valence electrons. The average molecular weight is 345 g/mol. The Morgan fingerprint density at radius 2 is 1.88 bits per heavy atom. The molecule has 0 aliphatic carbocycles. The fourth-order valence-corrected chi connectivity index (χ4v) is 2.76. The maximum absolute atomic E-state index is 11.8. The zero-order chi connectivity index (χ0) is 17.9. The summed E-state index contributed by atoms with van der Waals surface area (Å²) in [5.74, 6) is -0.0354. The molecule has 6 heteroatoms. The molecule has 1 aromatic carbocycles. The van der Waals surface area contributed by atoms with Gasteiger partial charge in [0.15, 0.2) is 6.61 Å². The summed E-state index contributed by atoms with van der Waals surface area (Å²) >= 11 is 0. The predicted octanol–water partition coefficient (Wildman–Crippen LogP) is 1.56. The van der Waals surface area contributed by atoms with Gasteiger partial charge in [0.2, 0.25) is 5.91 Å². The Morgan fingerprint density at radius 1 is 1.16 bits per heavy atom. The highest BCUT2D eigenvalue weighted by Crippen LogP contribution is 2.13. The fourth-order valence-electron chi connectivity index (χ4n) is 2.76. The first kappa shape index (κ1) is 19.0. The van der Waals surface area contributed by atoms with Gasteiger partial charge >= 0.3 is 0 Å². The molecule has 0 atom stereocenters. The first-order valence-corrected chi connectivity index (χ1v) is 8.83. The zero-order valence-corrected chi connectivity index (χ0v) is 14.6. The number of nitrogens with one attached hydrogen (secondary N) is 1. The van der Waals surface area contributed by atoms with Crippen LogP contribution in [0.25, 0.3) is 6.08 Å². The minimum Gasteiger partial charge on any atom is -0.484 e. The van der Waals surface area contributed by atoms with E-state index in [0.717, 1.165) is 18.5 Å². The molecule has 1 saturated heterocycles. The third-order valence-corrected chi connectivity index (χ3v) is 4.09. The van der Waals surface area contributed by atoms with Crippen molar-refractivity contribution in [2.45, 2.75) is 25.7 Å². The van der Waals surface area contributed by atoms with E-state index in [9.17, 15) is 9.59 Å². The summed E-state index contributed by atoms with van der Waals surface area (Å²) in [6.07, 6.45) is 8.18. The summed E-state index contributed by atoms with van der Waals surface area (Å²) < 4.78 is 5.18. The number of carbonyl (C=O) groups is 2. The minimum atomic E-state index is -0.513. The highest BCUT2D eigenvalue weighted by Gasteiger charge is 2.08. The summed E-state index contributed by atoms with van der Waals surface area (Å²) in [5, 5.41) is 2.91. The molecule has 6 nitrogen and oxygen atoms in total. The summed E-state index contributed by atoms with van der Waals surface area (Å²) in [7, 11) is 0. The molecule has 0 spiro atoms. The lowest BCUT2D eigenvalue weighted by Gasteiger charge is -2.26. The first-order valence-electron chi connectivity index (χ1n) is 8.83. The van der Waals surface area contributed by atoms with Crippen molar-refractivity contribution < 1.29 is 14.3 Å². The van der Waals surface area contributed by atoms with Crippen LogP contribution in [0.3, 0.4) is 0 Å². The number of nitrogens with two attached hydrogens (primary N) is 1. The number of likely N-dealkylation sites (tertiary alicyclic amines) is 1. The van der Waals surface area contributed by atoms with Crippen molar-refractivity contribution in [3.8, 4) is 5.75 Å².